The van der Waals surface area contributed by atoms with Gasteiger partial charge in [0.1, 0.15) is 0 Å². The Morgan fingerprint density at radius 1 is 0.559 bits per heavy atom. The van der Waals surface area contributed by atoms with Crippen molar-refractivity contribution >= 4 is 18.8 Å². The molecule has 0 aromatic heterocycles. The third-order valence-electron chi connectivity index (χ3n) is 0.396. The Labute approximate surface area is 257 Å². The van der Waals surface area contributed by atoms with E-state index in [0.717, 1.165) is 0 Å². The molecular formula is C11H56La2N3O18-. The second-order valence-electron chi connectivity index (χ2n) is 1.01. The largest absolute Gasteiger partial charge is 0.589 e. The van der Waals surface area contributed by atoms with Gasteiger partial charge in [0.05, 0.1) is 0 Å². The molecule has 0 aliphatic rings. The summed E-state index contributed by atoms with van der Waals surface area (Å²) in [5, 5.41) is 7.52. The summed E-state index contributed by atoms with van der Waals surface area (Å²) in [5.74, 6) is 0. The third kappa shape index (κ3) is 257. The molecule has 0 atom stereocenters. The maximum absolute atomic E-state index is 10.1. The Balaban J connectivity index is -0.00000000385. The van der Waals surface area contributed by atoms with Crippen LogP contribution in [0.3, 0.4) is 0 Å². The van der Waals surface area contributed by atoms with Crippen LogP contribution >= 0.6 is 0 Å². The van der Waals surface area contributed by atoms with Crippen molar-refractivity contribution in [3.05, 3.63) is 0 Å². The monoisotopic (exact) mass is 796 g/mol. The van der Waals surface area contributed by atoms with E-state index >= 15 is 0 Å². The molecule has 34 heavy (non-hydrogen) atoms. The van der Waals surface area contributed by atoms with Crippen LogP contribution in [0.5, 0.6) is 0 Å². The first-order chi connectivity index (χ1) is 7.70. The van der Waals surface area contributed by atoms with E-state index in [1.807, 2.05) is 27.7 Å². The quantitative estimate of drug-likeness (QED) is 0.126. The molecule has 21 nitrogen and oxygen atoms in total. The van der Waals surface area contributed by atoms with Gasteiger partial charge in [-0.1, -0.05) is 57.4 Å². The predicted molar refractivity (Wildman–Crippen MR) is 122 cm³/mol. The third-order valence-corrected chi connectivity index (χ3v) is 0.396. The number of hydrogen-bond donors (Lipinski definition) is 4. The van der Waals surface area contributed by atoms with Gasteiger partial charge in [0, 0.05) is 71.2 Å². The molecule has 0 heterocycles. The summed E-state index contributed by atoms with van der Waals surface area (Å²) in [6, 6.07) is 0. The fourth-order valence-corrected chi connectivity index (χ4v) is 0.148. The average molecular weight is 796 g/mol. The van der Waals surface area contributed by atoms with Crippen molar-refractivity contribution < 1.29 is 165 Å². The molecule has 28 N–H and O–H groups in total. The van der Waals surface area contributed by atoms with E-state index in [2.05, 4.69) is 24.4 Å². The van der Waals surface area contributed by atoms with Crippen molar-refractivity contribution in [3.63, 3.8) is 0 Å². The predicted octanol–water partition coefficient (Wildman–Crippen LogP) is -2.66. The van der Waals surface area contributed by atoms with Gasteiger partial charge in [0.15, 0.2) is 0 Å². The fraction of sp³-hybridized carbons (Fsp3) is 0.727. The van der Waals surface area contributed by atoms with E-state index in [1.54, 1.807) is 0 Å². The van der Waals surface area contributed by atoms with Crippen molar-refractivity contribution in [3.8, 4) is 0 Å². The average Bonchev–Trinajstić information content (AvgIpc) is 2.38. The molecule has 0 aromatic rings. The van der Waals surface area contributed by atoms with Gasteiger partial charge in [-0.2, -0.15) is 24.6 Å². The molecule has 0 aliphatic carbocycles. The molecule has 0 saturated carbocycles. The van der Waals surface area contributed by atoms with Crippen molar-refractivity contribution in [1.82, 2.24) is 18.5 Å². The molecule has 0 unspecified atom stereocenters. The minimum atomic E-state index is -1.71. The molecule has 230 valence electrons. The minimum absolute atomic E-state index is 0. The summed E-state index contributed by atoms with van der Waals surface area (Å²) in [6.45, 7) is 8.71. The molecule has 23 heteroatoms. The first-order valence-electron chi connectivity index (χ1n) is 4.15. The maximum Gasteiger partial charge on any atom is 0.589 e. The molecule has 0 aromatic carbocycles. The van der Waals surface area contributed by atoms with E-state index in [9.17, 15) is 14.4 Å². The Hall–Kier alpha value is -0.120. The Morgan fingerprint density at radius 2 is 0.765 bits per heavy atom. The summed E-state index contributed by atoms with van der Waals surface area (Å²) in [6.07, 6.45) is -3.37. The summed E-state index contributed by atoms with van der Waals surface area (Å²) >= 11 is 0. The normalized spacial score (nSPS) is 3.09. The molecule has 0 aliphatic heterocycles. The second-order valence-corrected chi connectivity index (χ2v) is 1.01. The van der Waals surface area contributed by atoms with Crippen molar-refractivity contribution in [2.24, 2.45) is 0 Å². The van der Waals surface area contributed by atoms with Crippen LogP contribution in [-0.4, -0.2) is 73.3 Å². The van der Waals surface area contributed by atoms with Crippen molar-refractivity contribution in [2.75, 3.05) is 0 Å². The van der Waals surface area contributed by atoms with Gasteiger partial charge in [-0.3, -0.25) is 4.89 Å². The van der Waals surface area contributed by atoms with Crippen LogP contribution in [0.25, 0.3) is 0 Å². The smallest absolute Gasteiger partial charge is 0.494 e. The van der Waals surface area contributed by atoms with E-state index in [1.165, 1.54) is 0 Å². The zero-order chi connectivity index (χ0) is 13.4. The van der Waals surface area contributed by atoms with Crippen LogP contribution in [-0.2, 0) is 29.2 Å². The van der Waals surface area contributed by atoms with Crippen molar-refractivity contribution in [1.29, 1.82) is 0 Å². The molecule has 0 fully saturated rings. The summed E-state index contributed by atoms with van der Waals surface area (Å²) in [7, 11) is 0. The van der Waals surface area contributed by atoms with E-state index in [0.29, 0.717) is 6.47 Å². The van der Waals surface area contributed by atoms with E-state index < -0.39 is 12.3 Å². The zero-order valence-electron chi connectivity index (χ0n) is 17.0. The Morgan fingerprint density at radius 3 is 0.941 bits per heavy atom. The maximum atomic E-state index is 10.1. The van der Waals surface area contributed by atoms with Crippen LogP contribution in [0.2, 0.25) is 0 Å². The topological polar surface area (TPSA) is 506 Å². The molecule has 0 amide bonds. The van der Waals surface area contributed by atoms with Gasteiger partial charge in [0.2, 0.25) is 0 Å². The molecule has 0 spiro atoms. The van der Waals surface area contributed by atoms with Crippen LogP contribution in [0.15, 0.2) is 0 Å². The molecule has 2 radical (unpaired) electrons. The first kappa shape index (κ1) is 221. The van der Waals surface area contributed by atoms with Gasteiger partial charge >= 0.3 is 12.3 Å². The number of carbonyl (C=O) groups excluding carboxylic acids is 3. The number of hydrogen-bond acceptors (Lipinski definition) is 12. The van der Waals surface area contributed by atoms with Gasteiger partial charge < -0.3 is 77.4 Å². The van der Waals surface area contributed by atoms with E-state index in [4.69, 9.17) is 5.26 Å². The number of rotatable bonds is 2. The summed E-state index contributed by atoms with van der Waals surface area (Å²) in [5.41, 5.74) is 0. The first-order valence-corrected chi connectivity index (χ1v) is 4.15. The van der Waals surface area contributed by atoms with Gasteiger partial charge in [-0.05, 0) is 6.47 Å². The van der Waals surface area contributed by atoms with Crippen LogP contribution in [0.1, 0.15) is 57.4 Å². The van der Waals surface area contributed by atoms with Crippen LogP contribution in [0.4, 0.5) is 9.59 Å². The van der Waals surface area contributed by atoms with Gasteiger partial charge in [-0.25, -0.2) is 4.89 Å². The van der Waals surface area contributed by atoms with E-state index in [-0.39, 0.29) is 169 Å². The Kier molecular flexibility index (Phi) is 1540. The summed E-state index contributed by atoms with van der Waals surface area (Å²) < 4.78 is 0. The molecule has 0 rings (SSSR count). The minimum Gasteiger partial charge on any atom is -0.494 e. The van der Waals surface area contributed by atoms with Gasteiger partial charge in [-0.15, -0.1) is 0 Å². The zero-order valence-corrected chi connectivity index (χ0v) is 24.2. The molecule has 0 saturated heterocycles. The standard InChI is InChI=1S/C3HO9.2C2H6.4CH4.2La.3H3N.9H2O/c4-1-8-10-3(6)12-11-2(5)9-7;2*1-2;;;;;;;;;;;;;;;;;;/h7H;2*1-2H3;4*1H4;;;3*1H3;9*1H2/q-1;;;;;;;;;;;;;;;;;;;;. The van der Waals surface area contributed by atoms with Crippen molar-refractivity contribution in [2.45, 2.75) is 57.4 Å². The van der Waals surface area contributed by atoms with Gasteiger partial charge in [0.25, 0.3) is 0 Å². The molecular weight excluding hydrogens is 740 g/mol. The van der Waals surface area contributed by atoms with Crippen LogP contribution in [0, 0.1) is 71.2 Å². The fourth-order valence-electron chi connectivity index (χ4n) is 0.148. The second kappa shape index (κ2) is 237. The summed E-state index contributed by atoms with van der Waals surface area (Å²) in [4.78, 5) is 45.5. The number of carbonyl (C=O) groups is 2. The molecule has 0 bridgehead atoms. The van der Waals surface area contributed by atoms with Crippen LogP contribution < -0.4 is 18.5 Å². The Bertz CT molecular complexity index is 216. The SMILES string of the molecule is C.C.C.C.CC.CC.N.N.N.O.O.O.O.O.O.O.O.O.O=[C-]OOC(=O)OOC(=O)OO.[La].[La].